The molecular formula is C16H18F3N3O6S. The van der Waals surface area contributed by atoms with Crippen molar-refractivity contribution >= 4 is 22.6 Å². The highest BCUT2D eigenvalue weighted by Crippen LogP contribution is 2.41. The third kappa shape index (κ3) is 4.42. The van der Waals surface area contributed by atoms with Gasteiger partial charge in [-0.05, 0) is 12.1 Å². The third-order valence-electron chi connectivity index (χ3n) is 4.40. The van der Waals surface area contributed by atoms with Gasteiger partial charge in [0.2, 0.25) is 6.10 Å². The van der Waals surface area contributed by atoms with Gasteiger partial charge in [0.25, 0.3) is 5.69 Å². The first-order valence-electron chi connectivity index (χ1n) is 8.40. The van der Waals surface area contributed by atoms with Crippen molar-refractivity contribution in [2.24, 2.45) is 4.99 Å². The van der Waals surface area contributed by atoms with Gasteiger partial charge >= 0.3 is 6.18 Å². The van der Waals surface area contributed by atoms with Gasteiger partial charge in [0.1, 0.15) is 35.5 Å². The highest BCUT2D eigenvalue weighted by atomic mass is 32.2. The molecule has 1 aromatic rings. The molecule has 2 N–H and O–H groups in total. The molecule has 0 spiro atoms. The fourth-order valence-electron chi connectivity index (χ4n) is 2.95. The van der Waals surface area contributed by atoms with Crippen molar-refractivity contribution in [2.45, 2.75) is 42.1 Å². The van der Waals surface area contributed by atoms with Gasteiger partial charge in [-0.25, -0.2) is 0 Å². The number of nitrogens with zero attached hydrogens (tertiary/aromatic N) is 3. The van der Waals surface area contributed by atoms with E-state index in [1.54, 1.807) is 19.0 Å². The summed E-state index contributed by atoms with van der Waals surface area (Å²) in [7, 11) is 3.36. The lowest BCUT2D eigenvalue weighted by Gasteiger charge is -2.41. The molecule has 13 heteroatoms. The predicted octanol–water partition coefficient (Wildman–Crippen LogP) is 1.38. The molecule has 3 rings (SSSR count). The van der Waals surface area contributed by atoms with E-state index in [0.29, 0.717) is 5.17 Å². The first-order valence-corrected chi connectivity index (χ1v) is 9.28. The van der Waals surface area contributed by atoms with Crippen LogP contribution in [0, 0.1) is 10.1 Å². The minimum atomic E-state index is -4.95. The number of rotatable bonds is 4. The summed E-state index contributed by atoms with van der Waals surface area (Å²) in [6.07, 6.45) is -13.0. The molecule has 2 aliphatic heterocycles. The van der Waals surface area contributed by atoms with Crippen molar-refractivity contribution in [1.82, 2.24) is 4.90 Å². The number of nitro benzene ring substituents is 1. The van der Waals surface area contributed by atoms with Gasteiger partial charge < -0.3 is 24.6 Å². The predicted molar refractivity (Wildman–Crippen MR) is 96.7 cm³/mol. The zero-order chi connectivity index (χ0) is 21.5. The average molecular weight is 437 g/mol. The summed E-state index contributed by atoms with van der Waals surface area (Å²) in [5.74, 6) is -0.297. The number of amidine groups is 1. The monoisotopic (exact) mass is 437 g/mol. The Balaban J connectivity index is 1.83. The highest BCUT2D eigenvalue weighted by molar-refractivity contribution is 8.14. The molecule has 0 saturated carbocycles. The Hall–Kier alpha value is -2.09. The van der Waals surface area contributed by atoms with Crippen molar-refractivity contribution in [2.75, 3.05) is 14.1 Å². The zero-order valence-corrected chi connectivity index (χ0v) is 16.0. The number of hydrogen-bond acceptors (Lipinski definition) is 9. The number of hydrogen-bond donors (Lipinski definition) is 2. The first-order chi connectivity index (χ1) is 13.5. The number of fused-ring (bicyclic) bond motifs is 1. The molecule has 1 saturated heterocycles. The van der Waals surface area contributed by atoms with Crippen LogP contribution in [0.1, 0.15) is 0 Å². The first kappa shape index (κ1) is 21.6. The van der Waals surface area contributed by atoms with Crippen LogP contribution in [0.3, 0.4) is 0 Å². The number of halogens is 3. The van der Waals surface area contributed by atoms with Gasteiger partial charge in [-0.15, -0.1) is 0 Å². The Labute approximate surface area is 167 Å². The molecule has 6 atom stereocenters. The summed E-state index contributed by atoms with van der Waals surface area (Å²) in [5, 5.41) is 31.8. The maximum Gasteiger partial charge on any atom is 0.428 e. The summed E-state index contributed by atoms with van der Waals surface area (Å²) >= 11 is 1.04. The number of alkyl halides is 3. The lowest BCUT2D eigenvalue weighted by Crippen LogP contribution is -2.62. The van der Waals surface area contributed by atoms with E-state index in [1.165, 1.54) is 0 Å². The number of ether oxygens (including phenoxy) is 2. The van der Waals surface area contributed by atoms with E-state index < -0.39 is 47.0 Å². The van der Waals surface area contributed by atoms with E-state index >= 15 is 0 Å². The number of aliphatic imine (C=N–C) groups is 1. The Morgan fingerprint density at radius 3 is 2.41 bits per heavy atom. The van der Waals surface area contributed by atoms with Crippen molar-refractivity contribution in [3.63, 3.8) is 0 Å². The van der Waals surface area contributed by atoms with Crippen molar-refractivity contribution in [3.8, 4) is 5.75 Å². The van der Waals surface area contributed by atoms with E-state index in [0.717, 1.165) is 36.0 Å². The number of aliphatic hydroxyl groups is 2. The van der Waals surface area contributed by atoms with E-state index in [-0.39, 0.29) is 11.4 Å². The molecule has 1 aromatic carbocycles. The Kier molecular flexibility index (Phi) is 5.94. The quantitative estimate of drug-likeness (QED) is 0.536. The molecule has 29 heavy (non-hydrogen) atoms. The topological polar surface area (TPSA) is 118 Å². The lowest BCUT2D eigenvalue weighted by molar-refractivity contribution is -0.384. The van der Waals surface area contributed by atoms with E-state index in [1.807, 2.05) is 0 Å². The van der Waals surface area contributed by atoms with Crippen LogP contribution in [0.15, 0.2) is 29.3 Å². The maximum absolute atomic E-state index is 13.7. The second-order valence-electron chi connectivity index (χ2n) is 6.70. The van der Waals surface area contributed by atoms with E-state index in [2.05, 4.69) is 4.99 Å². The van der Waals surface area contributed by atoms with Crippen molar-refractivity contribution < 1.29 is 37.8 Å². The molecule has 0 bridgehead atoms. The Bertz CT molecular complexity index is 791. The molecule has 1 unspecified atom stereocenters. The minimum absolute atomic E-state index is 0.297. The molecule has 2 heterocycles. The van der Waals surface area contributed by atoms with E-state index in [9.17, 15) is 33.5 Å². The van der Waals surface area contributed by atoms with Crippen LogP contribution in [0.2, 0.25) is 0 Å². The SMILES string of the molecule is CN(C)C1=N[C@@H]2[C@@H](O)[C@H](O)C([C@@H](Oc3ccc([N+](=O)[O-])cc3)C(F)(F)F)O[C@@H]2S1. The number of benzene rings is 1. The molecule has 0 amide bonds. The van der Waals surface area contributed by atoms with Gasteiger partial charge in [0.05, 0.1) is 4.92 Å². The lowest BCUT2D eigenvalue weighted by atomic mass is 9.94. The highest BCUT2D eigenvalue weighted by Gasteiger charge is 2.58. The van der Waals surface area contributed by atoms with Crippen LogP contribution in [0.25, 0.3) is 0 Å². The normalized spacial score (nSPS) is 30.3. The molecule has 0 aliphatic carbocycles. The molecule has 160 valence electrons. The van der Waals surface area contributed by atoms with Crippen molar-refractivity contribution in [3.05, 3.63) is 34.4 Å². The van der Waals surface area contributed by atoms with Crippen LogP contribution in [-0.2, 0) is 4.74 Å². The summed E-state index contributed by atoms with van der Waals surface area (Å²) < 4.78 is 51.5. The summed E-state index contributed by atoms with van der Waals surface area (Å²) in [6.45, 7) is 0. The second-order valence-corrected chi connectivity index (χ2v) is 7.76. The number of aliphatic hydroxyl groups excluding tert-OH is 2. The van der Waals surface area contributed by atoms with Crippen LogP contribution < -0.4 is 4.74 Å². The fourth-order valence-corrected chi connectivity index (χ4v) is 4.10. The minimum Gasteiger partial charge on any atom is -0.478 e. The zero-order valence-electron chi connectivity index (χ0n) is 15.2. The van der Waals surface area contributed by atoms with Gasteiger partial charge in [-0.2, -0.15) is 13.2 Å². The maximum atomic E-state index is 13.7. The smallest absolute Gasteiger partial charge is 0.428 e. The number of nitro groups is 1. The van der Waals surface area contributed by atoms with E-state index in [4.69, 9.17) is 9.47 Å². The Morgan fingerprint density at radius 2 is 1.90 bits per heavy atom. The molecule has 1 fully saturated rings. The molecular weight excluding hydrogens is 419 g/mol. The standard InChI is InChI=1S/C16H18F3N3O6S/c1-21(2)15-20-9-10(23)11(24)12(28-14(9)29-15)13(16(17,18)19)27-8-5-3-7(4-6-8)22(25)26/h3-6,9-14,23-24H,1-2H3/t9-,10-,11+,12?,13-,14-/m1/s1. The third-order valence-corrected chi connectivity index (χ3v) is 5.71. The summed E-state index contributed by atoms with van der Waals surface area (Å²) in [5.41, 5.74) is -1.25. The largest absolute Gasteiger partial charge is 0.478 e. The van der Waals surface area contributed by atoms with Crippen molar-refractivity contribution in [1.29, 1.82) is 0 Å². The number of non-ortho nitro benzene ring substituents is 1. The van der Waals surface area contributed by atoms with Gasteiger partial charge in [0, 0.05) is 26.2 Å². The Morgan fingerprint density at radius 1 is 1.28 bits per heavy atom. The van der Waals surface area contributed by atoms with Gasteiger partial charge in [0.15, 0.2) is 5.17 Å². The van der Waals surface area contributed by atoms with Gasteiger partial charge in [-0.1, -0.05) is 11.8 Å². The molecule has 0 aromatic heterocycles. The van der Waals surface area contributed by atoms with Gasteiger partial charge in [-0.3, -0.25) is 15.1 Å². The van der Waals surface area contributed by atoms with Crippen LogP contribution >= 0.6 is 11.8 Å². The number of thioether (sulfide) groups is 1. The summed E-state index contributed by atoms with van der Waals surface area (Å²) in [4.78, 5) is 15.8. The molecule has 2 aliphatic rings. The molecule has 9 nitrogen and oxygen atoms in total. The molecule has 0 radical (unpaired) electrons. The van der Waals surface area contributed by atoms with Crippen LogP contribution in [-0.4, -0.2) is 81.4 Å². The summed E-state index contributed by atoms with van der Waals surface area (Å²) in [6, 6.07) is 3.11. The van der Waals surface area contributed by atoms with Crippen LogP contribution in [0.5, 0.6) is 5.75 Å². The average Bonchev–Trinajstić information content (AvgIpc) is 3.07. The fraction of sp³-hybridized carbons (Fsp3) is 0.562. The second kappa shape index (κ2) is 7.97. The van der Waals surface area contributed by atoms with Crippen LogP contribution in [0.4, 0.5) is 18.9 Å².